The first kappa shape index (κ1) is 21.5. The van der Waals surface area contributed by atoms with Gasteiger partial charge in [0.2, 0.25) is 11.7 Å². The van der Waals surface area contributed by atoms with Crippen molar-refractivity contribution >= 4 is 17.5 Å². The molecule has 1 saturated carbocycles. The molecule has 1 aliphatic rings. The van der Waals surface area contributed by atoms with Gasteiger partial charge in [-0.15, -0.1) is 0 Å². The quantitative estimate of drug-likeness (QED) is 0.692. The van der Waals surface area contributed by atoms with Crippen molar-refractivity contribution in [1.29, 1.82) is 0 Å². The van der Waals surface area contributed by atoms with E-state index in [1.165, 1.54) is 21.3 Å². The number of rotatable bonds is 8. The van der Waals surface area contributed by atoms with Crippen LogP contribution in [-0.2, 0) is 11.2 Å². The second kappa shape index (κ2) is 10.0. The molecular weight excluding hydrogens is 384 g/mol. The molecule has 30 heavy (non-hydrogen) atoms. The van der Waals surface area contributed by atoms with Gasteiger partial charge in [0.05, 0.1) is 39.0 Å². The number of anilines is 1. The van der Waals surface area contributed by atoms with Crippen LogP contribution in [0.5, 0.6) is 17.2 Å². The van der Waals surface area contributed by atoms with Gasteiger partial charge in [-0.3, -0.25) is 9.59 Å². The molecule has 2 aromatic rings. The molecule has 1 fully saturated rings. The number of nitrogens with one attached hydrogen (secondary N) is 2. The van der Waals surface area contributed by atoms with Crippen LogP contribution < -0.4 is 24.8 Å². The maximum atomic E-state index is 12.7. The summed E-state index contributed by atoms with van der Waals surface area (Å²) in [6.45, 7) is 0. The van der Waals surface area contributed by atoms with E-state index < -0.39 is 0 Å². The van der Waals surface area contributed by atoms with Crippen molar-refractivity contribution in [3.8, 4) is 17.2 Å². The summed E-state index contributed by atoms with van der Waals surface area (Å²) in [5.41, 5.74) is 1.66. The molecule has 0 atom stereocenters. The van der Waals surface area contributed by atoms with Gasteiger partial charge < -0.3 is 24.8 Å². The highest BCUT2D eigenvalue weighted by Gasteiger charge is 2.20. The third-order valence-electron chi connectivity index (χ3n) is 5.23. The van der Waals surface area contributed by atoms with Gasteiger partial charge in [0, 0.05) is 6.04 Å². The molecule has 0 radical (unpaired) electrons. The number of hydrogen-bond acceptors (Lipinski definition) is 5. The van der Waals surface area contributed by atoms with Gasteiger partial charge >= 0.3 is 0 Å². The van der Waals surface area contributed by atoms with E-state index in [1.807, 2.05) is 0 Å². The van der Waals surface area contributed by atoms with Gasteiger partial charge in [-0.1, -0.05) is 25.0 Å². The first-order valence-electron chi connectivity index (χ1n) is 10.0. The Bertz CT molecular complexity index is 881. The molecule has 0 aromatic heterocycles. The maximum Gasteiger partial charge on any atom is 0.253 e. The lowest BCUT2D eigenvalue weighted by atomic mass is 10.1. The highest BCUT2D eigenvalue weighted by atomic mass is 16.5. The van der Waals surface area contributed by atoms with Crippen molar-refractivity contribution in [2.24, 2.45) is 0 Å². The van der Waals surface area contributed by atoms with E-state index >= 15 is 0 Å². The highest BCUT2D eigenvalue weighted by Crippen LogP contribution is 2.38. The summed E-state index contributed by atoms with van der Waals surface area (Å²) in [7, 11) is 4.58. The molecule has 160 valence electrons. The number of benzene rings is 2. The van der Waals surface area contributed by atoms with Gasteiger partial charge in [-0.2, -0.15) is 0 Å². The fraction of sp³-hybridized carbons (Fsp3) is 0.391. The molecule has 2 N–H and O–H groups in total. The molecule has 2 aromatic carbocycles. The van der Waals surface area contributed by atoms with Crippen molar-refractivity contribution in [1.82, 2.24) is 5.32 Å². The van der Waals surface area contributed by atoms with Crippen molar-refractivity contribution in [3.63, 3.8) is 0 Å². The Labute approximate surface area is 176 Å². The van der Waals surface area contributed by atoms with E-state index in [0.29, 0.717) is 34.1 Å². The topological polar surface area (TPSA) is 85.9 Å². The SMILES string of the molecule is COc1cc(CC(=O)Nc2ccccc2C(=O)NC2CCCC2)cc(OC)c1OC. The molecule has 0 unspecified atom stereocenters. The Morgan fingerprint density at radius 3 is 2.20 bits per heavy atom. The zero-order valence-corrected chi connectivity index (χ0v) is 17.6. The Morgan fingerprint density at radius 2 is 1.60 bits per heavy atom. The number of methoxy groups -OCH3 is 3. The van der Waals surface area contributed by atoms with E-state index in [4.69, 9.17) is 14.2 Å². The normalized spacial score (nSPS) is 13.6. The summed E-state index contributed by atoms with van der Waals surface area (Å²) >= 11 is 0. The number of para-hydroxylation sites is 1. The van der Waals surface area contributed by atoms with E-state index in [2.05, 4.69) is 10.6 Å². The number of hydrogen-bond donors (Lipinski definition) is 2. The largest absolute Gasteiger partial charge is 0.493 e. The summed E-state index contributed by atoms with van der Waals surface area (Å²) in [6.07, 6.45) is 4.37. The molecule has 7 nitrogen and oxygen atoms in total. The van der Waals surface area contributed by atoms with E-state index in [9.17, 15) is 9.59 Å². The summed E-state index contributed by atoms with van der Waals surface area (Å²) in [4.78, 5) is 25.4. The van der Waals surface area contributed by atoms with E-state index in [0.717, 1.165) is 25.7 Å². The fourth-order valence-electron chi connectivity index (χ4n) is 3.74. The van der Waals surface area contributed by atoms with Crippen molar-refractivity contribution < 1.29 is 23.8 Å². The molecule has 0 saturated heterocycles. The molecular formula is C23H28N2O5. The molecule has 0 aliphatic heterocycles. The maximum absolute atomic E-state index is 12.7. The minimum absolute atomic E-state index is 0.0926. The minimum Gasteiger partial charge on any atom is -0.493 e. The van der Waals surface area contributed by atoms with E-state index in [1.54, 1.807) is 36.4 Å². The van der Waals surface area contributed by atoms with Crippen LogP contribution in [0, 0.1) is 0 Å². The minimum atomic E-state index is -0.245. The van der Waals surface area contributed by atoms with Gasteiger partial charge in [-0.25, -0.2) is 0 Å². The molecule has 1 aliphatic carbocycles. The Balaban J connectivity index is 1.73. The van der Waals surface area contributed by atoms with Crippen LogP contribution in [0.3, 0.4) is 0 Å². The van der Waals surface area contributed by atoms with Crippen LogP contribution in [0.4, 0.5) is 5.69 Å². The average molecular weight is 412 g/mol. The first-order valence-corrected chi connectivity index (χ1v) is 10.0. The average Bonchev–Trinajstić information content (AvgIpc) is 3.26. The van der Waals surface area contributed by atoms with Gasteiger partial charge in [-0.05, 0) is 42.7 Å². The zero-order chi connectivity index (χ0) is 21.5. The number of amides is 2. The second-order valence-electron chi connectivity index (χ2n) is 7.26. The van der Waals surface area contributed by atoms with Crippen LogP contribution in [0.1, 0.15) is 41.6 Å². The lowest BCUT2D eigenvalue weighted by molar-refractivity contribution is -0.115. The summed E-state index contributed by atoms with van der Waals surface area (Å²) < 4.78 is 16.0. The van der Waals surface area contributed by atoms with Crippen LogP contribution in [0.2, 0.25) is 0 Å². The predicted molar refractivity (Wildman–Crippen MR) is 115 cm³/mol. The Kier molecular flexibility index (Phi) is 7.17. The lowest BCUT2D eigenvalue weighted by Crippen LogP contribution is -2.33. The van der Waals surface area contributed by atoms with Crippen LogP contribution >= 0.6 is 0 Å². The Hall–Kier alpha value is -3.22. The molecule has 2 amide bonds. The Morgan fingerprint density at radius 1 is 0.967 bits per heavy atom. The first-order chi connectivity index (χ1) is 14.5. The highest BCUT2D eigenvalue weighted by molar-refractivity contribution is 6.04. The fourth-order valence-corrected chi connectivity index (χ4v) is 3.74. The molecule has 7 heteroatoms. The number of carbonyl (C=O) groups is 2. The van der Waals surface area contributed by atoms with Crippen LogP contribution in [-0.4, -0.2) is 39.2 Å². The third-order valence-corrected chi connectivity index (χ3v) is 5.23. The van der Waals surface area contributed by atoms with Crippen molar-refractivity contribution in [3.05, 3.63) is 47.5 Å². The smallest absolute Gasteiger partial charge is 0.253 e. The predicted octanol–water partition coefficient (Wildman–Crippen LogP) is 3.57. The van der Waals surface area contributed by atoms with Gasteiger partial charge in [0.15, 0.2) is 11.5 Å². The number of carbonyl (C=O) groups excluding carboxylic acids is 2. The second-order valence-corrected chi connectivity index (χ2v) is 7.26. The molecule has 3 rings (SSSR count). The number of ether oxygens (including phenoxy) is 3. The molecule has 0 heterocycles. The third kappa shape index (κ3) is 5.03. The van der Waals surface area contributed by atoms with Gasteiger partial charge in [0.1, 0.15) is 0 Å². The van der Waals surface area contributed by atoms with Crippen molar-refractivity contribution in [2.75, 3.05) is 26.6 Å². The summed E-state index contributed by atoms with van der Waals surface area (Å²) in [5.74, 6) is 1.03. The summed E-state index contributed by atoms with van der Waals surface area (Å²) in [5, 5.41) is 5.92. The molecule has 0 spiro atoms. The van der Waals surface area contributed by atoms with Crippen molar-refractivity contribution in [2.45, 2.75) is 38.1 Å². The zero-order valence-electron chi connectivity index (χ0n) is 17.6. The molecule has 0 bridgehead atoms. The lowest BCUT2D eigenvalue weighted by Gasteiger charge is -2.16. The summed E-state index contributed by atoms with van der Waals surface area (Å²) in [6, 6.07) is 10.7. The standard InChI is InChI=1S/C23H28N2O5/c1-28-19-12-15(13-20(29-2)22(19)30-3)14-21(26)25-18-11-7-6-10-17(18)23(27)24-16-8-4-5-9-16/h6-7,10-13,16H,4-5,8-9,14H2,1-3H3,(H,24,27)(H,25,26). The van der Waals surface area contributed by atoms with Crippen LogP contribution in [0.25, 0.3) is 0 Å². The van der Waals surface area contributed by atoms with Crippen LogP contribution in [0.15, 0.2) is 36.4 Å². The monoisotopic (exact) mass is 412 g/mol. The van der Waals surface area contributed by atoms with E-state index in [-0.39, 0.29) is 24.3 Å². The van der Waals surface area contributed by atoms with Gasteiger partial charge in [0.25, 0.3) is 5.91 Å².